The second-order valence-electron chi connectivity index (χ2n) is 4.09. The van der Waals surface area contributed by atoms with Crippen LogP contribution < -0.4 is 11.0 Å². The standard InChI is InChI=1S/C11H22N4OS/c1-5-7-15-10(16)13-14-11(15)17-8(3)9(6-2)12-4/h8-9,12H,5-7H2,1-4H3,(H,13,16). The molecule has 1 rings (SSSR count). The highest BCUT2D eigenvalue weighted by atomic mass is 32.2. The van der Waals surface area contributed by atoms with Crippen LogP contribution in [0.1, 0.15) is 33.6 Å². The minimum atomic E-state index is -0.112. The van der Waals surface area contributed by atoms with E-state index in [0.29, 0.717) is 11.3 Å². The normalized spacial score (nSPS) is 14.8. The third kappa shape index (κ3) is 3.61. The predicted molar refractivity (Wildman–Crippen MR) is 71.6 cm³/mol. The number of rotatable bonds is 7. The van der Waals surface area contributed by atoms with Crippen molar-refractivity contribution in [2.45, 2.75) is 56.6 Å². The van der Waals surface area contributed by atoms with E-state index in [1.165, 1.54) is 0 Å². The molecule has 0 saturated carbocycles. The van der Waals surface area contributed by atoms with Crippen molar-refractivity contribution in [1.29, 1.82) is 0 Å². The maximum absolute atomic E-state index is 11.5. The first kappa shape index (κ1) is 14.3. The lowest BCUT2D eigenvalue weighted by molar-refractivity contribution is 0.537. The molecule has 0 radical (unpaired) electrons. The lowest BCUT2D eigenvalue weighted by atomic mass is 10.2. The van der Waals surface area contributed by atoms with Crippen LogP contribution in [-0.4, -0.2) is 33.1 Å². The fourth-order valence-electron chi connectivity index (χ4n) is 1.83. The van der Waals surface area contributed by atoms with Crippen LogP contribution in [0.25, 0.3) is 0 Å². The topological polar surface area (TPSA) is 62.7 Å². The third-order valence-corrected chi connectivity index (χ3v) is 4.06. The summed E-state index contributed by atoms with van der Waals surface area (Å²) in [5.41, 5.74) is -0.112. The molecule has 2 N–H and O–H groups in total. The van der Waals surface area contributed by atoms with Gasteiger partial charge in [0, 0.05) is 17.8 Å². The van der Waals surface area contributed by atoms with Crippen molar-refractivity contribution in [3.63, 3.8) is 0 Å². The fraction of sp³-hybridized carbons (Fsp3) is 0.818. The lowest BCUT2D eigenvalue weighted by Crippen LogP contribution is -2.33. The Hall–Kier alpha value is -0.750. The Labute approximate surface area is 106 Å². The van der Waals surface area contributed by atoms with Gasteiger partial charge in [-0.3, -0.25) is 4.57 Å². The van der Waals surface area contributed by atoms with Crippen molar-refractivity contribution in [1.82, 2.24) is 20.1 Å². The van der Waals surface area contributed by atoms with Gasteiger partial charge in [0.25, 0.3) is 0 Å². The van der Waals surface area contributed by atoms with E-state index < -0.39 is 0 Å². The summed E-state index contributed by atoms with van der Waals surface area (Å²) in [4.78, 5) is 11.5. The van der Waals surface area contributed by atoms with Gasteiger partial charge in [-0.1, -0.05) is 32.5 Å². The summed E-state index contributed by atoms with van der Waals surface area (Å²) >= 11 is 1.65. The van der Waals surface area contributed by atoms with Crippen LogP contribution in [0.5, 0.6) is 0 Å². The van der Waals surface area contributed by atoms with Crippen molar-refractivity contribution in [3.05, 3.63) is 10.5 Å². The number of nitrogens with zero attached hydrogens (tertiary/aromatic N) is 2. The molecule has 0 aliphatic carbocycles. The molecule has 0 spiro atoms. The summed E-state index contributed by atoms with van der Waals surface area (Å²) in [6.45, 7) is 7.09. The maximum Gasteiger partial charge on any atom is 0.343 e. The Balaban J connectivity index is 2.77. The lowest BCUT2D eigenvalue weighted by Gasteiger charge is -2.21. The average molecular weight is 258 g/mol. The summed E-state index contributed by atoms with van der Waals surface area (Å²) in [6, 6.07) is 0.432. The zero-order valence-electron chi connectivity index (χ0n) is 11.0. The molecule has 0 aliphatic heterocycles. The van der Waals surface area contributed by atoms with E-state index in [9.17, 15) is 4.79 Å². The van der Waals surface area contributed by atoms with E-state index in [-0.39, 0.29) is 5.69 Å². The first-order valence-electron chi connectivity index (χ1n) is 6.13. The summed E-state index contributed by atoms with van der Waals surface area (Å²) in [5, 5.41) is 11.1. The van der Waals surface area contributed by atoms with E-state index in [0.717, 1.165) is 24.5 Å². The van der Waals surface area contributed by atoms with Crippen LogP contribution in [-0.2, 0) is 6.54 Å². The first-order valence-corrected chi connectivity index (χ1v) is 7.01. The van der Waals surface area contributed by atoms with E-state index in [4.69, 9.17) is 0 Å². The van der Waals surface area contributed by atoms with Crippen LogP contribution in [0, 0.1) is 0 Å². The van der Waals surface area contributed by atoms with E-state index in [2.05, 4.69) is 36.3 Å². The van der Waals surface area contributed by atoms with Crippen molar-refractivity contribution in [3.8, 4) is 0 Å². The highest BCUT2D eigenvalue weighted by Crippen LogP contribution is 2.23. The molecular weight excluding hydrogens is 236 g/mol. The van der Waals surface area contributed by atoms with Crippen LogP contribution in [0.4, 0.5) is 0 Å². The number of thioether (sulfide) groups is 1. The number of hydrogen-bond acceptors (Lipinski definition) is 4. The first-order chi connectivity index (χ1) is 8.13. The molecule has 0 saturated heterocycles. The van der Waals surface area contributed by atoms with Crippen molar-refractivity contribution >= 4 is 11.8 Å². The summed E-state index contributed by atoms with van der Waals surface area (Å²) in [6.07, 6.45) is 2.00. The third-order valence-electron chi connectivity index (χ3n) is 2.84. The molecular formula is C11H22N4OS. The number of aromatic nitrogens is 3. The highest BCUT2D eigenvalue weighted by Gasteiger charge is 2.18. The summed E-state index contributed by atoms with van der Waals surface area (Å²) in [5.74, 6) is 0. The molecule has 0 fully saturated rings. The molecule has 1 aromatic heterocycles. The van der Waals surface area contributed by atoms with Gasteiger partial charge in [0.05, 0.1) is 0 Å². The van der Waals surface area contributed by atoms with Gasteiger partial charge < -0.3 is 5.32 Å². The van der Waals surface area contributed by atoms with Crippen molar-refractivity contribution in [2.75, 3.05) is 7.05 Å². The van der Waals surface area contributed by atoms with Gasteiger partial charge in [0.15, 0.2) is 5.16 Å². The van der Waals surface area contributed by atoms with Crippen molar-refractivity contribution < 1.29 is 0 Å². The zero-order valence-corrected chi connectivity index (χ0v) is 11.8. The number of nitrogens with one attached hydrogen (secondary N) is 2. The van der Waals surface area contributed by atoms with Gasteiger partial charge in [-0.15, -0.1) is 5.10 Å². The summed E-state index contributed by atoms with van der Waals surface area (Å²) in [7, 11) is 1.97. The highest BCUT2D eigenvalue weighted by molar-refractivity contribution is 7.99. The maximum atomic E-state index is 11.5. The second-order valence-corrected chi connectivity index (χ2v) is 5.43. The zero-order chi connectivity index (χ0) is 12.8. The molecule has 0 amide bonds. The quantitative estimate of drug-likeness (QED) is 0.727. The van der Waals surface area contributed by atoms with E-state index >= 15 is 0 Å². The van der Waals surface area contributed by atoms with Crippen molar-refractivity contribution in [2.24, 2.45) is 0 Å². The molecule has 17 heavy (non-hydrogen) atoms. The van der Waals surface area contributed by atoms with Gasteiger partial charge in [0.2, 0.25) is 0 Å². The van der Waals surface area contributed by atoms with Gasteiger partial charge in [0.1, 0.15) is 0 Å². The smallest absolute Gasteiger partial charge is 0.316 e. The van der Waals surface area contributed by atoms with Gasteiger partial charge >= 0.3 is 5.69 Å². The monoisotopic (exact) mass is 258 g/mol. The average Bonchev–Trinajstić information content (AvgIpc) is 2.64. The fourth-order valence-corrected chi connectivity index (χ4v) is 3.06. The van der Waals surface area contributed by atoms with Gasteiger partial charge in [-0.2, -0.15) is 0 Å². The van der Waals surface area contributed by atoms with Gasteiger partial charge in [-0.25, -0.2) is 9.89 Å². The molecule has 0 aromatic carbocycles. The number of aromatic amines is 1. The van der Waals surface area contributed by atoms with Gasteiger partial charge in [-0.05, 0) is 19.9 Å². The molecule has 2 atom stereocenters. The predicted octanol–water partition coefficient (Wildman–Crippen LogP) is 1.46. The molecule has 0 aliphatic rings. The van der Waals surface area contributed by atoms with E-state index in [1.54, 1.807) is 16.3 Å². The molecule has 2 unspecified atom stereocenters. The van der Waals surface area contributed by atoms with Crippen LogP contribution in [0.15, 0.2) is 9.95 Å². The Kier molecular flexibility index (Phi) is 5.77. The minimum Gasteiger partial charge on any atom is -0.316 e. The Bertz CT molecular complexity index is 383. The van der Waals surface area contributed by atoms with Crippen LogP contribution >= 0.6 is 11.8 Å². The molecule has 6 heteroatoms. The Morgan fingerprint density at radius 3 is 2.76 bits per heavy atom. The Morgan fingerprint density at radius 1 is 1.53 bits per heavy atom. The van der Waals surface area contributed by atoms with Crippen LogP contribution in [0.2, 0.25) is 0 Å². The molecule has 98 valence electrons. The SMILES string of the molecule is CCCn1c(SC(C)C(CC)NC)n[nH]c1=O. The second kappa shape index (κ2) is 6.86. The largest absolute Gasteiger partial charge is 0.343 e. The number of hydrogen-bond donors (Lipinski definition) is 2. The molecule has 0 bridgehead atoms. The number of H-pyrrole nitrogens is 1. The van der Waals surface area contributed by atoms with Crippen LogP contribution in [0.3, 0.4) is 0 Å². The van der Waals surface area contributed by atoms with E-state index in [1.807, 2.05) is 7.05 Å². The Morgan fingerprint density at radius 2 is 2.24 bits per heavy atom. The molecule has 5 nitrogen and oxygen atoms in total. The summed E-state index contributed by atoms with van der Waals surface area (Å²) < 4.78 is 1.71. The minimum absolute atomic E-state index is 0.112. The molecule has 1 aromatic rings. The molecule has 1 heterocycles.